The van der Waals surface area contributed by atoms with Crippen molar-refractivity contribution in [2.24, 2.45) is 0 Å². The molecule has 1 aromatic heterocycles. The summed E-state index contributed by atoms with van der Waals surface area (Å²) in [7, 11) is 0. The minimum absolute atomic E-state index is 0.347. The molecule has 1 N–H and O–H groups in total. The van der Waals surface area contributed by atoms with Crippen molar-refractivity contribution in [3.05, 3.63) is 12.4 Å². The Morgan fingerprint density at radius 3 is 2.82 bits per heavy atom. The average molecular weight is 302 g/mol. The molecule has 0 aliphatic heterocycles. The Morgan fingerprint density at radius 2 is 2.18 bits per heavy atom. The van der Waals surface area contributed by atoms with Crippen molar-refractivity contribution in [1.82, 2.24) is 9.97 Å². The van der Waals surface area contributed by atoms with Crippen LogP contribution in [0.2, 0.25) is 0 Å². The van der Waals surface area contributed by atoms with Crippen molar-refractivity contribution < 1.29 is 4.74 Å². The molecule has 0 aliphatic rings. The van der Waals surface area contributed by atoms with Crippen LogP contribution in [0.15, 0.2) is 12.4 Å². The van der Waals surface area contributed by atoms with Gasteiger partial charge in [-0.25, -0.2) is 0 Å². The highest BCUT2D eigenvalue weighted by atomic mass is 79.9. The maximum Gasteiger partial charge on any atom is 0.234 e. The number of hydrogen-bond donors (Lipinski definition) is 1. The third kappa shape index (κ3) is 5.86. The second-order valence-corrected chi connectivity index (χ2v) is 5.72. The number of halogens is 1. The quantitative estimate of drug-likeness (QED) is 0.786. The lowest BCUT2D eigenvalue weighted by molar-refractivity contribution is 0.304. The number of nitrogens with one attached hydrogen (secondary N) is 1. The molecule has 1 rings (SSSR count). The van der Waals surface area contributed by atoms with Crippen LogP contribution in [-0.2, 0) is 0 Å². The van der Waals surface area contributed by atoms with Gasteiger partial charge < -0.3 is 10.1 Å². The number of hydrogen-bond acceptors (Lipinski definition) is 4. The van der Waals surface area contributed by atoms with Crippen molar-refractivity contribution >= 4 is 21.7 Å². The normalized spacial score (nSPS) is 14.1. The minimum atomic E-state index is 0.347. The summed E-state index contributed by atoms with van der Waals surface area (Å²) < 4.78 is 5.44. The first kappa shape index (κ1) is 14.2. The van der Waals surface area contributed by atoms with E-state index >= 15 is 0 Å². The lowest BCUT2D eigenvalue weighted by Gasteiger charge is -2.15. The predicted molar refractivity (Wildman–Crippen MR) is 73.9 cm³/mol. The van der Waals surface area contributed by atoms with E-state index in [1.54, 1.807) is 12.4 Å². The average Bonchev–Trinajstić information content (AvgIpc) is 2.25. The molecule has 96 valence electrons. The maximum absolute atomic E-state index is 5.44. The van der Waals surface area contributed by atoms with Crippen LogP contribution in [-0.4, -0.2) is 27.4 Å². The Labute approximate surface area is 111 Å². The third-order valence-electron chi connectivity index (χ3n) is 2.14. The first-order chi connectivity index (χ1) is 8.11. The van der Waals surface area contributed by atoms with Gasteiger partial charge in [0.1, 0.15) is 5.82 Å². The summed E-state index contributed by atoms with van der Waals surface area (Å²) in [6, 6.07) is 0.347. The first-order valence-corrected chi connectivity index (χ1v) is 6.88. The summed E-state index contributed by atoms with van der Waals surface area (Å²) in [4.78, 5) is 8.94. The van der Waals surface area contributed by atoms with E-state index < -0.39 is 0 Å². The van der Waals surface area contributed by atoms with Crippen LogP contribution in [0.3, 0.4) is 0 Å². The topological polar surface area (TPSA) is 47.0 Å². The lowest BCUT2D eigenvalue weighted by Crippen LogP contribution is -2.19. The fourth-order valence-corrected chi connectivity index (χ4v) is 2.05. The second kappa shape index (κ2) is 7.48. The van der Waals surface area contributed by atoms with E-state index in [-0.39, 0.29) is 0 Å². The lowest BCUT2D eigenvalue weighted by atomic mass is 10.2. The van der Waals surface area contributed by atoms with Crippen LogP contribution in [0.5, 0.6) is 5.88 Å². The van der Waals surface area contributed by atoms with Crippen molar-refractivity contribution in [1.29, 1.82) is 0 Å². The van der Waals surface area contributed by atoms with Gasteiger partial charge in [0, 0.05) is 10.9 Å². The summed E-state index contributed by atoms with van der Waals surface area (Å²) in [5.74, 6) is 1.34. The van der Waals surface area contributed by atoms with Gasteiger partial charge in [0.25, 0.3) is 0 Å². The largest absolute Gasteiger partial charge is 0.477 e. The molecule has 0 amide bonds. The van der Waals surface area contributed by atoms with Crippen LogP contribution in [0.4, 0.5) is 5.82 Å². The van der Waals surface area contributed by atoms with Gasteiger partial charge in [-0.05, 0) is 19.8 Å². The van der Waals surface area contributed by atoms with Gasteiger partial charge in [0.05, 0.1) is 19.0 Å². The molecule has 5 heteroatoms. The summed E-state index contributed by atoms with van der Waals surface area (Å²) in [5, 5.41) is 3.31. The Hall–Kier alpha value is -0.840. The van der Waals surface area contributed by atoms with E-state index in [0.29, 0.717) is 23.4 Å². The van der Waals surface area contributed by atoms with E-state index in [1.165, 1.54) is 0 Å². The summed E-state index contributed by atoms with van der Waals surface area (Å²) in [6.45, 7) is 6.99. The predicted octanol–water partition coefficient (Wildman–Crippen LogP) is 3.24. The van der Waals surface area contributed by atoms with E-state index in [2.05, 4.69) is 52.0 Å². The van der Waals surface area contributed by atoms with Gasteiger partial charge in [-0.1, -0.05) is 29.8 Å². The smallest absolute Gasteiger partial charge is 0.234 e. The Morgan fingerprint density at radius 1 is 1.41 bits per heavy atom. The molecule has 4 nitrogen and oxygen atoms in total. The van der Waals surface area contributed by atoms with Crippen molar-refractivity contribution in [2.45, 2.75) is 44.5 Å². The highest BCUT2D eigenvalue weighted by molar-refractivity contribution is 9.09. The van der Waals surface area contributed by atoms with Gasteiger partial charge in [0.15, 0.2) is 0 Å². The maximum atomic E-state index is 5.44. The molecular weight excluding hydrogens is 282 g/mol. The number of anilines is 1. The monoisotopic (exact) mass is 301 g/mol. The Balaban J connectivity index is 2.52. The summed E-state index contributed by atoms with van der Waals surface area (Å²) in [6.07, 6.45) is 5.35. The fourth-order valence-electron chi connectivity index (χ4n) is 1.49. The molecule has 1 heterocycles. The standard InChI is InChI=1S/C12H20BrN3O/c1-4-5-17-12-8-14-7-11(16-12)15-10(3)6-9(2)13/h7-10H,4-6H2,1-3H3,(H,15,16). The molecule has 17 heavy (non-hydrogen) atoms. The van der Waals surface area contributed by atoms with E-state index in [1.807, 2.05) is 0 Å². The van der Waals surface area contributed by atoms with Crippen molar-refractivity contribution in [3.8, 4) is 5.88 Å². The first-order valence-electron chi connectivity index (χ1n) is 5.97. The Kier molecular flexibility index (Phi) is 6.26. The molecule has 2 unspecified atom stereocenters. The molecule has 0 spiro atoms. The Bertz CT molecular complexity index is 333. The van der Waals surface area contributed by atoms with Gasteiger partial charge in [0.2, 0.25) is 5.88 Å². The van der Waals surface area contributed by atoms with Crippen molar-refractivity contribution in [2.75, 3.05) is 11.9 Å². The summed E-state index contributed by atoms with van der Waals surface area (Å²) >= 11 is 3.54. The molecule has 0 saturated heterocycles. The van der Waals surface area contributed by atoms with Crippen LogP contribution < -0.4 is 10.1 Å². The molecule has 2 atom stereocenters. The molecule has 0 saturated carbocycles. The highest BCUT2D eigenvalue weighted by Gasteiger charge is 2.07. The number of nitrogens with zero attached hydrogens (tertiary/aromatic N) is 2. The van der Waals surface area contributed by atoms with Gasteiger partial charge in [-0.15, -0.1) is 0 Å². The SMILES string of the molecule is CCCOc1cncc(NC(C)CC(C)Br)n1. The number of aromatic nitrogens is 2. The van der Waals surface area contributed by atoms with Gasteiger partial charge in [-0.2, -0.15) is 4.98 Å². The zero-order valence-electron chi connectivity index (χ0n) is 10.6. The molecule has 0 bridgehead atoms. The van der Waals surface area contributed by atoms with Gasteiger partial charge in [-0.3, -0.25) is 4.98 Å². The molecular formula is C12H20BrN3O. The van der Waals surface area contributed by atoms with Crippen LogP contribution in [0, 0.1) is 0 Å². The van der Waals surface area contributed by atoms with Crippen molar-refractivity contribution in [3.63, 3.8) is 0 Å². The summed E-state index contributed by atoms with van der Waals surface area (Å²) in [5.41, 5.74) is 0. The number of rotatable bonds is 7. The van der Waals surface area contributed by atoms with Crippen LogP contribution in [0.1, 0.15) is 33.6 Å². The van der Waals surface area contributed by atoms with E-state index in [9.17, 15) is 0 Å². The zero-order valence-corrected chi connectivity index (χ0v) is 12.2. The zero-order chi connectivity index (χ0) is 12.7. The molecule has 0 aromatic carbocycles. The fraction of sp³-hybridized carbons (Fsp3) is 0.667. The second-order valence-electron chi connectivity index (χ2n) is 4.15. The molecule has 0 radical (unpaired) electrons. The highest BCUT2D eigenvalue weighted by Crippen LogP contribution is 2.13. The van der Waals surface area contributed by atoms with E-state index in [0.717, 1.165) is 18.7 Å². The van der Waals surface area contributed by atoms with Crippen LogP contribution >= 0.6 is 15.9 Å². The minimum Gasteiger partial charge on any atom is -0.477 e. The molecule has 0 aliphatic carbocycles. The van der Waals surface area contributed by atoms with E-state index in [4.69, 9.17) is 4.74 Å². The number of ether oxygens (including phenoxy) is 1. The third-order valence-corrected chi connectivity index (χ3v) is 2.51. The van der Waals surface area contributed by atoms with Gasteiger partial charge >= 0.3 is 0 Å². The molecule has 0 fully saturated rings. The molecule has 1 aromatic rings. The van der Waals surface area contributed by atoms with Crippen LogP contribution in [0.25, 0.3) is 0 Å². The number of alkyl halides is 1.